The molecule has 6 nitrogen and oxygen atoms in total. The van der Waals surface area contributed by atoms with E-state index in [-0.39, 0.29) is 10.7 Å². The van der Waals surface area contributed by atoms with Gasteiger partial charge in [-0.05, 0) is 19.9 Å². The average molecular weight is 332 g/mol. The lowest BCUT2D eigenvalue weighted by molar-refractivity contribution is -0.387. The highest BCUT2D eigenvalue weighted by molar-refractivity contribution is 6.32. The Labute approximate surface area is 128 Å². The van der Waals surface area contributed by atoms with Crippen molar-refractivity contribution in [3.05, 3.63) is 49.4 Å². The first-order valence-corrected chi connectivity index (χ1v) is 6.84. The van der Waals surface area contributed by atoms with Crippen molar-refractivity contribution < 1.29 is 13.7 Å². The molecule has 0 saturated carbocycles. The molecule has 9 heteroatoms. The molecule has 22 heavy (non-hydrogen) atoms. The zero-order valence-electron chi connectivity index (χ0n) is 11.8. The summed E-state index contributed by atoms with van der Waals surface area (Å²) in [6, 6.07) is 1.07. The minimum Gasteiger partial charge on any atom is -0.271 e. The van der Waals surface area contributed by atoms with Gasteiger partial charge in [0.15, 0.2) is 0 Å². The molecule has 0 atom stereocenters. The van der Waals surface area contributed by atoms with Gasteiger partial charge in [-0.25, -0.2) is 9.07 Å². The van der Waals surface area contributed by atoms with Gasteiger partial charge in [-0.1, -0.05) is 11.6 Å². The van der Waals surface area contributed by atoms with Gasteiger partial charge in [0.2, 0.25) is 5.82 Å². The number of hydrogen-bond acceptors (Lipinski definition) is 3. The number of aromatic nitrogens is 2. The molecule has 0 saturated heterocycles. The van der Waals surface area contributed by atoms with Crippen LogP contribution in [0.25, 0.3) is 11.1 Å². The summed E-state index contributed by atoms with van der Waals surface area (Å²) in [5, 5.41) is 10.6. The predicted molar refractivity (Wildman–Crippen MR) is 77.1 cm³/mol. The first-order chi connectivity index (χ1) is 10.3. The quantitative estimate of drug-likeness (QED) is 0.638. The maximum atomic E-state index is 14.1. The zero-order chi connectivity index (χ0) is 16.6. The van der Waals surface area contributed by atoms with Crippen LogP contribution in [0.3, 0.4) is 0 Å². The summed E-state index contributed by atoms with van der Waals surface area (Å²) in [6.07, 6.45) is 0. The Bertz CT molecular complexity index is 814. The van der Waals surface area contributed by atoms with Gasteiger partial charge in [0.05, 0.1) is 16.6 Å². The van der Waals surface area contributed by atoms with Crippen molar-refractivity contribution >= 4 is 17.3 Å². The molecular weight excluding hydrogens is 320 g/mol. The smallest absolute Gasteiger partial charge is 0.271 e. The van der Waals surface area contributed by atoms with Crippen molar-refractivity contribution in [2.45, 2.75) is 26.9 Å². The molecule has 0 aliphatic heterocycles. The number of nitro benzene ring substituents is 1. The fourth-order valence-corrected chi connectivity index (χ4v) is 2.67. The Morgan fingerprint density at radius 3 is 2.23 bits per heavy atom. The molecule has 1 aromatic carbocycles. The minimum absolute atomic E-state index is 0.0403. The molecule has 1 aromatic heterocycles. The molecule has 0 amide bonds. The number of rotatable bonds is 4. The Balaban J connectivity index is 2.78. The maximum Gasteiger partial charge on any atom is 0.307 e. The van der Waals surface area contributed by atoms with Crippen molar-refractivity contribution in [2.24, 2.45) is 0 Å². The topological polar surface area (TPSA) is 70.1 Å². The van der Waals surface area contributed by atoms with Crippen molar-refractivity contribution in [1.29, 1.82) is 0 Å². The van der Waals surface area contributed by atoms with Crippen LogP contribution in [0.5, 0.6) is 0 Å². The van der Waals surface area contributed by atoms with Crippen LogP contribution < -0.4 is 5.56 Å². The van der Waals surface area contributed by atoms with Crippen molar-refractivity contribution in [1.82, 2.24) is 9.36 Å². The summed E-state index contributed by atoms with van der Waals surface area (Å²) in [5.74, 6) is -2.31. The molecule has 0 aliphatic carbocycles. The van der Waals surface area contributed by atoms with Crippen LogP contribution in [0, 0.1) is 21.7 Å². The van der Waals surface area contributed by atoms with Crippen LogP contribution in [0.1, 0.15) is 13.8 Å². The summed E-state index contributed by atoms with van der Waals surface area (Å²) in [4.78, 5) is 21.9. The summed E-state index contributed by atoms with van der Waals surface area (Å²) < 4.78 is 30.5. The van der Waals surface area contributed by atoms with E-state index in [9.17, 15) is 23.7 Å². The van der Waals surface area contributed by atoms with Crippen LogP contribution in [-0.4, -0.2) is 14.3 Å². The molecular formula is C13H12ClF2N3O3. The van der Waals surface area contributed by atoms with Crippen molar-refractivity contribution in [3.8, 4) is 11.1 Å². The van der Waals surface area contributed by atoms with Gasteiger partial charge in [-0.2, -0.15) is 4.39 Å². The second-order valence-corrected chi connectivity index (χ2v) is 4.80. The van der Waals surface area contributed by atoms with E-state index >= 15 is 0 Å². The van der Waals surface area contributed by atoms with Gasteiger partial charge in [-0.15, -0.1) is 0 Å². The largest absolute Gasteiger partial charge is 0.307 e. The molecule has 2 rings (SSSR count). The van der Waals surface area contributed by atoms with Gasteiger partial charge < -0.3 is 0 Å². The maximum absolute atomic E-state index is 14.1. The lowest BCUT2D eigenvalue weighted by Gasteiger charge is -2.07. The van der Waals surface area contributed by atoms with E-state index in [0.29, 0.717) is 25.2 Å². The Morgan fingerprint density at radius 2 is 1.77 bits per heavy atom. The molecule has 118 valence electrons. The highest BCUT2D eigenvalue weighted by atomic mass is 35.5. The molecule has 0 N–H and O–H groups in total. The number of hydrogen-bond donors (Lipinski definition) is 0. The van der Waals surface area contributed by atoms with E-state index in [1.165, 1.54) is 9.36 Å². The van der Waals surface area contributed by atoms with Crippen LogP contribution >= 0.6 is 11.6 Å². The molecule has 0 aliphatic rings. The average Bonchev–Trinajstić information content (AvgIpc) is 2.70. The molecule has 0 fully saturated rings. The predicted octanol–water partition coefficient (Wildman–Crippen LogP) is 3.20. The molecule has 2 aromatic rings. The Morgan fingerprint density at radius 1 is 1.18 bits per heavy atom. The number of halogens is 3. The summed E-state index contributed by atoms with van der Waals surface area (Å²) in [7, 11) is 0. The number of nitrogens with zero attached hydrogens (tertiary/aromatic N) is 3. The monoisotopic (exact) mass is 331 g/mol. The van der Waals surface area contributed by atoms with Crippen LogP contribution in [0.2, 0.25) is 5.15 Å². The summed E-state index contributed by atoms with van der Waals surface area (Å²) >= 11 is 6.09. The first-order valence-electron chi connectivity index (χ1n) is 6.46. The van der Waals surface area contributed by atoms with E-state index in [4.69, 9.17) is 11.6 Å². The number of nitro groups is 1. The first kappa shape index (κ1) is 16.2. The third-order valence-electron chi connectivity index (χ3n) is 3.27. The minimum atomic E-state index is -1.23. The molecule has 0 radical (unpaired) electrons. The second kappa shape index (κ2) is 5.88. The highest BCUT2D eigenvalue weighted by Crippen LogP contribution is 2.31. The molecule has 0 unspecified atom stereocenters. The van der Waals surface area contributed by atoms with E-state index < -0.39 is 33.4 Å². The van der Waals surface area contributed by atoms with Gasteiger partial charge in [0, 0.05) is 18.7 Å². The Kier molecular flexibility index (Phi) is 4.32. The van der Waals surface area contributed by atoms with E-state index in [2.05, 4.69) is 0 Å². The van der Waals surface area contributed by atoms with Gasteiger partial charge in [0.1, 0.15) is 11.0 Å². The SMILES string of the molecule is CCn1c(Cl)c(-c2cc(F)c([N+](=O)[O-])cc2F)c(=O)n1CC. The van der Waals surface area contributed by atoms with Gasteiger partial charge in [0.25, 0.3) is 5.56 Å². The van der Waals surface area contributed by atoms with E-state index in [0.717, 1.165) is 0 Å². The second-order valence-electron chi connectivity index (χ2n) is 4.44. The summed E-state index contributed by atoms with van der Waals surface area (Å²) in [5.41, 5.74) is -2.19. The standard InChI is InChI=1S/C13H12ClF2N3O3/c1-3-17-12(14)11(13(20)18(17)4-2)7-5-9(16)10(19(21)22)6-8(7)15/h5-6H,3-4H2,1-2H3. The lowest BCUT2D eigenvalue weighted by atomic mass is 10.1. The zero-order valence-corrected chi connectivity index (χ0v) is 12.5. The van der Waals surface area contributed by atoms with Crippen molar-refractivity contribution in [2.75, 3.05) is 0 Å². The van der Waals surface area contributed by atoms with E-state index in [1.54, 1.807) is 13.8 Å². The van der Waals surface area contributed by atoms with Crippen LogP contribution in [0.4, 0.5) is 14.5 Å². The fourth-order valence-electron chi connectivity index (χ4n) is 2.28. The van der Waals surface area contributed by atoms with Gasteiger partial charge >= 0.3 is 5.69 Å². The molecule has 1 heterocycles. The third-order valence-corrected chi connectivity index (χ3v) is 3.66. The highest BCUT2D eigenvalue weighted by Gasteiger charge is 2.25. The normalized spacial score (nSPS) is 11.0. The van der Waals surface area contributed by atoms with Crippen LogP contribution in [0.15, 0.2) is 16.9 Å². The third kappa shape index (κ3) is 2.39. The van der Waals surface area contributed by atoms with E-state index in [1.807, 2.05) is 0 Å². The molecule has 0 spiro atoms. The lowest BCUT2D eigenvalue weighted by Crippen LogP contribution is -2.22. The fraction of sp³-hybridized carbons (Fsp3) is 0.308. The number of benzene rings is 1. The molecule has 0 bridgehead atoms. The van der Waals surface area contributed by atoms with Gasteiger partial charge in [-0.3, -0.25) is 19.6 Å². The van der Waals surface area contributed by atoms with Crippen molar-refractivity contribution in [3.63, 3.8) is 0 Å². The van der Waals surface area contributed by atoms with Crippen LogP contribution in [-0.2, 0) is 13.1 Å². The Hall–Kier alpha value is -2.22. The summed E-state index contributed by atoms with van der Waals surface area (Å²) in [6.45, 7) is 4.11.